The molecule has 0 bridgehead atoms. The van der Waals surface area contributed by atoms with Crippen LogP contribution in [0.15, 0.2) is 44.7 Å². The number of nitrogens with zero attached hydrogens (tertiary/aromatic N) is 4. The minimum Gasteiger partial charge on any atom is -0.425 e. The Kier molecular flexibility index (Phi) is 4.10. The van der Waals surface area contributed by atoms with Crippen molar-refractivity contribution in [3.05, 3.63) is 55.9 Å². The highest BCUT2D eigenvalue weighted by atomic mass is 79.9. The average molecular weight is 393 g/mol. The number of rotatable bonds is 3. The van der Waals surface area contributed by atoms with Crippen molar-refractivity contribution in [2.75, 3.05) is 0 Å². The molecule has 3 aromatic rings. The number of hydrogen-bond acceptors (Lipinski definition) is 5. The minimum absolute atomic E-state index is 0.173. The van der Waals surface area contributed by atoms with Crippen LogP contribution in [0.3, 0.4) is 0 Å². The van der Waals surface area contributed by atoms with Gasteiger partial charge in [-0.3, -0.25) is 13.9 Å². The van der Waals surface area contributed by atoms with Crippen LogP contribution in [0.1, 0.15) is 0 Å². The summed E-state index contributed by atoms with van der Waals surface area (Å²) < 4.78 is 9.70. The monoisotopic (exact) mass is 392 g/mol. The lowest BCUT2D eigenvalue weighted by molar-refractivity contribution is -0.135. The third kappa shape index (κ3) is 2.78. The number of aromatic nitrogens is 4. The van der Waals surface area contributed by atoms with E-state index in [1.54, 1.807) is 24.3 Å². The molecule has 0 N–H and O–H groups in total. The Morgan fingerprint density at radius 3 is 2.50 bits per heavy atom. The van der Waals surface area contributed by atoms with E-state index in [0.717, 1.165) is 9.04 Å². The summed E-state index contributed by atoms with van der Waals surface area (Å²) in [6.45, 7) is -0.194. The maximum Gasteiger partial charge on any atom is 0.332 e. The average Bonchev–Trinajstić information content (AvgIpc) is 2.96. The van der Waals surface area contributed by atoms with Gasteiger partial charge >= 0.3 is 11.7 Å². The Bertz CT molecular complexity index is 1050. The highest BCUT2D eigenvalue weighted by molar-refractivity contribution is 9.10. The Morgan fingerprint density at radius 2 is 1.83 bits per heavy atom. The highest BCUT2D eigenvalue weighted by Gasteiger charge is 2.16. The normalized spacial score (nSPS) is 11.0. The van der Waals surface area contributed by atoms with E-state index in [2.05, 4.69) is 20.9 Å². The zero-order chi connectivity index (χ0) is 17.4. The van der Waals surface area contributed by atoms with E-state index in [4.69, 9.17) is 4.74 Å². The van der Waals surface area contributed by atoms with Crippen molar-refractivity contribution >= 4 is 33.1 Å². The number of carbonyl (C=O) groups excluding carboxylic acids is 1. The lowest BCUT2D eigenvalue weighted by Crippen LogP contribution is -2.37. The maximum atomic E-state index is 12.3. The van der Waals surface area contributed by atoms with E-state index >= 15 is 0 Å². The third-order valence-electron chi connectivity index (χ3n) is 3.56. The van der Waals surface area contributed by atoms with E-state index < -0.39 is 17.2 Å². The molecule has 0 spiro atoms. The summed E-state index contributed by atoms with van der Waals surface area (Å²) in [6.07, 6.45) is 1.34. The predicted octanol–water partition coefficient (Wildman–Crippen LogP) is 0.802. The molecule has 2 aromatic heterocycles. The summed E-state index contributed by atoms with van der Waals surface area (Å²) in [6, 6.07) is 6.80. The van der Waals surface area contributed by atoms with Crippen LogP contribution in [0, 0.1) is 0 Å². The first-order chi connectivity index (χ1) is 11.4. The Morgan fingerprint density at radius 1 is 1.17 bits per heavy atom. The second-order valence-corrected chi connectivity index (χ2v) is 6.09. The van der Waals surface area contributed by atoms with Crippen LogP contribution in [-0.2, 0) is 25.4 Å². The largest absolute Gasteiger partial charge is 0.425 e. The molecule has 1 aromatic carbocycles. The number of ether oxygens (including phenoxy) is 1. The second-order valence-electron chi connectivity index (χ2n) is 5.18. The van der Waals surface area contributed by atoms with Gasteiger partial charge in [0.25, 0.3) is 5.56 Å². The van der Waals surface area contributed by atoms with Crippen molar-refractivity contribution in [1.29, 1.82) is 0 Å². The number of fused-ring (bicyclic) bond motifs is 1. The van der Waals surface area contributed by atoms with Gasteiger partial charge in [0.15, 0.2) is 11.2 Å². The molecular formula is C15H13BrN4O4. The molecule has 9 heteroatoms. The number of aryl methyl sites for hydroxylation is 1. The SMILES string of the molecule is Cn1c(=O)c2c(ncn2CC(=O)Oc2ccc(Br)cc2)n(C)c1=O. The quantitative estimate of drug-likeness (QED) is 0.485. The second kappa shape index (κ2) is 6.08. The molecule has 0 unspecified atom stereocenters. The molecule has 0 saturated carbocycles. The van der Waals surface area contributed by atoms with Crippen LogP contribution < -0.4 is 16.0 Å². The predicted molar refractivity (Wildman–Crippen MR) is 90.0 cm³/mol. The highest BCUT2D eigenvalue weighted by Crippen LogP contribution is 2.16. The molecule has 24 heavy (non-hydrogen) atoms. The van der Waals surface area contributed by atoms with Crippen LogP contribution in [0.25, 0.3) is 11.2 Å². The fraction of sp³-hybridized carbons (Fsp3) is 0.200. The van der Waals surface area contributed by atoms with Gasteiger partial charge < -0.3 is 9.30 Å². The summed E-state index contributed by atoms with van der Waals surface area (Å²) in [7, 11) is 2.89. The van der Waals surface area contributed by atoms with Gasteiger partial charge in [-0.25, -0.2) is 14.6 Å². The van der Waals surface area contributed by atoms with Crippen molar-refractivity contribution in [3.8, 4) is 5.75 Å². The standard InChI is InChI=1S/C15H13BrN4O4/c1-18-13-12(14(22)19(2)15(18)23)20(8-17-13)7-11(21)24-10-5-3-9(16)4-6-10/h3-6,8H,7H2,1-2H3. The van der Waals surface area contributed by atoms with Crippen LogP contribution in [0.2, 0.25) is 0 Å². The van der Waals surface area contributed by atoms with Crippen molar-refractivity contribution in [1.82, 2.24) is 18.7 Å². The Labute approximate surface area is 144 Å². The van der Waals surface area contributed by atoms with Gasteiger partial charge in [0.1, 0.15) is 12.3 Å². The molecule has 2 heterocycles. The summed E-state index contributed by atoms with van der Waals surface area (Å²) in [4.78, 5) is 40.3. The van der Waals surface area contributed by atoms with Gasteiger partial charge in [-0.05, 0) is 24.3 Å². The number of hydrogen-bond donors (Lipinski definition) is 0. The molecule has 0 aliphatic rings. The smallest absolute Gasteiger partial charge is 0.332 e. The summed E-state index contributed by atoms with van der Waals surface area (Å²) in [5.74, 6) is -0.152. The van der Waals surface area contributed by atoms with E-state index in [9.17, 15) is 14.4 Å². The molecule has 0 radical (unpaired) electrons. The molecular weight excluding hydrogens is 380 g/mol. The first kappa shape index (κ1) is 16.2. The molecule has 0 aliphatic heterocycles. The number of imidazole rings is 1. The molecule has 0 aliphatic carbocycles. The Balaban J connectivity index is 1.93. The van der Waals surface area contributed by atoms with Gasteiger partial charge in [0.2, 0.25) is 0 Å². The fourth-order valence-electron chi connectivity index (χ4n) is 2.32. The lowest BCUT2D eigenvalue weighted by atomic mass is 10.3. The third-order valence-corrected chi connectivity index (χ3v) is 4.09. The number of benzene rings is 1. The number of halogens is 1. The number of carbonyl (C=O) groups is 1. The minimum atomic E-state index is -0.549. The van der Waals surface area contributed by atoms with Crippen molar-refractivity contribution in [2.45, 2.75) is 6.54 Å². The molecule has 0 atom stereocenters. The van der Waals surface area contributed by atoms with E-state index in [1.165, 1.54) is 29.6 Å². The molecule has 124 valence electrons. The van der Waals surface area contributed by atoms with Gasteiger partial charge in [-0.1, -0.05) is 15.9 Å². The van der Waals surface area contributed by atoms with Gasteiger partial charge in [0, 0.05) is 18.6 Å². The fourth-order valence-corrected chi connectivity index (χ4v) is 2.59. The van der Waals surface area contributed by atoms with Crippen LogP contribution in [-0.4, -0.2) is 24.7 Å². The molecule has 3 rings (SSSR count). The zero-order valence-electron chi connectivity index (χ0n) is 12.9. The number of esters is 1. The van der Waals surface area contributed by atoms with Gasteiger partial charge in [-0.2, -0.15) is 0 Å². The maximum absolute atomic E-state index is 12.3. The molecule has 0 amide bonds. The van der Waals surface area contributed by atoms with Crippen molar-refractivity contribution in [3.63, 3.8) is 0 Å². The molecule has 0 fully saturated rings. The van der Waals surface area contributed by atoms with Gasteiger partial charge in [0.05, 0.1) is 6.33 Å². The zero-order valence-corrected chi connectivity index (χ0v) is 14.5. The molecule has 8 nitrogen and oxygen atoms in total. The van der Waals surface area contributed by atoms with E-state index in [0.29, 0.717) is 5.75 Å². The topological polar surface area (TPSA) is 88.1 Å². The van der Waals surface area contributed by atoms with Crippen molar-refractivity contribution < 1.29 is 9.53 Å². The van der Waals surface area contributed by atoms with Crippen molar-refractivity contribution in [2.24, 2.45) is 14.1 Å². The van der Waals surface area contributed by atoms with Crippen LogP contribution >= 0.6 is 15.9 Å². The first-order valence-electron chi connectivity index (χ1n) is 6.95. The van der Waals surface area contributed by atoms with Crippen LogP contribution in [0.4, 0.5) is 0 Å². The summed E-state index contributed by atoms with van der Waals surface area (Å²) in [5.41, 5.74) is -0.593. The van der Waals surface area contributed by atoms with Gasteiger partial charge in [-0.15, -0.1) is 0 Å². The molecule has 0 saturated heterocycles. The van der Waals surface area contributed by atoms with E-state index in [1.807, 2.05) is 0 Å². The summed E-state index contributed by atoms with van der Waals surface area (Å²) >= 11 is 3.30. The Hall–Kier alpha value is -2.68. The van der Waals surface area contributed by atoms with E-state index in [-0.39, 0.29) is 17.7 Å². The summed E-state index contributed by atoms with van der Waals surface area (Å²) in [5, 5.41) is 0. The first-order valence-corrected chi connectivity index (χ1v) is 7.75. The lowest BCUT2D eigenvalue weighted by Gasteiger charge is -2.07. The van der Waals surface area contributed by atoms with Crippen LogP contribution in [0.5, 0.6) is 5.75 Å².